The number of nitrogens with two attached hydrogens (primary N) is 1. The van der Waals surface area contributed by atoms with Crippen LogP contribution in [0.25, 0.3) is 0 Å². The molecule has 1 fully saturated rings. The molecule has 0 aliphatic carbocycles. The topological polar surface area (TPSA) is 29.3 Å². The fraction of sp³-hybridized carbons (Fsp3) is 0.571. The maximum atomic E-state index is 5.80. The van der Waals surface area contributed by atoms with E-state index in [0.717, 1.165) is 18.5 Å². The number of rotatable bonds is 1. The molecule has 2 atom stereocenters. The number of piperidine rings is 1. The minimum Gasteiger partial charge on any atom is -0.368 e. The fourth-order valence-electron chi connectivity index (χ4n) is 3.23. The van der Waals surface area contributed by atoms with Crippen LogP contribution >= 0.6 is 0 Å². The van der Waals surface area contributed by atoms with Crippen molar-refractivity contribution in [1.82, 2.24) is 0 Å². The Morgan fingerprint density at radius 3 is 3.12 bits per heavy atom. The lowest BCUT2D eigenvalue weighted by atomic mass is 9.91. The Hall–Kier alpha value is -1.02. The van der Waals surface area contributed by atoms with Crippen molar-refractivity contribution >= 4 is 5.69 Å². The van der Waals surface area contributed by atoms with Crippen LogP contribution in [-0.4, -0.2) is 19.1 Å². The van der Waals surface area contributed by atoms with E-state index in [4.69, 9.17) is 5.73 Å². The van der Waals surface area contributed by atoms with Crippen LogP contribution in [0.3, 0.4) is 0 Å². The first-order chi connectivity index (χ1) is 7.78. The summed E-state index contributed by atoms with van der Waals surface area (Å²) in [5.74, 6) is 0.747. The second-order valence-electron chi connectivity index (χ2n) is 5.31. The molecular formula is C14H20N2. The standard InChI is InChI=1S/C14H20N2/c1-10-2-3-12-8-13-7-11(9-15)4-5-16(13)14(12)6-10/h2-3,6,11,13H,4-5,7-9,15H2,1H3. The van der Waals surface area contributed by atoms with Gasteiger partial charge in [-0.3, -0.25) is 0 Å². The summed E-state index contributed by atoms with van der Waals surface area (Å²) in [6.07, 6.45) is 3.77. The molecule has 86 valence electrons. The van der Waals surface area contributed by atoms with Gasteiger partial charge in [0, 0.05) is 18.3 Å². The van der Waals surface area contributed by atoms with Crippen LogP contribution in [0.2, 0.25) is 0 Å². The molecule has 1 aromatic rings. The molecule has 2 aliphatic rings. The quantitative estimate of drug-likeness (QED) is 0.779. The average molecular weight is 216 g/mol. The van der Waals surface area contributed by atoms with Crippen molar-refractivity contribution in [3.05, 3.63) is 29.3 Å². The summed E-state index contributed by atoms with van der Waals surface area (Å²) in [5.41, 5.74) is 10.2. The largest absolute Gasteiger partial charge is 0.368 e. The van der Waals surface area contributed by atoms with Gasteiger partial charge in [0.15, 0.2) is 0 Å². The van der Waals surface area contributed by atoms with Crippen LogP contribution in [0.15, 0.2) is 18.2 Å². The average Bonchev–Trinajstić information content (AvgIpc) is 2.66. The summed E-state index contributed by atoms with van der Waals surface area (Å²) >= 11 is 0. The molecule has 2 unspecified atom stereocenters. The lowest BCUT2D eigenvalue weighted by Gasteiger charge is -2.36. The highest BCUT2D eigenvalue weighted by atomic mass is 15.2. The van der Waals surface area contributed by atoms with Crippen LogP contribution in [0.1, 0.15) is 24.0 Å². The summed E-state index contributed by atoms with van der Waals surface area (Å²) < 4.78 is 0. The maximum absolute atomic E-state index is 5.80. The summed E-state index contributed by atoms with van der Waals surface area (Å²) in [6.45, 7) is 4.24. The Kier molecular flexibility index (Phi) is 2.40. The summed E-state index contributed by atoms with van der Waals surface area (Å²) in [5, 5.41) is 0. The van der Waals surface area contributed by atoms with Gasteiger partial charge in [-0.2, -0.15) is 0 Å². The molecule has 0 bridgehead atoms. The van der Waals surface area contributed by atoms with Gasteiger partial charge in [-0.25, -0.2) is 0 Å². The van der Waals surface area contributed by atoms with Crippen molar-refractivity contribution in [2.75, 3.05) is 18.0 Å². The summed E-state index contributed by atoms with van der Waals surface area (Å²) in [4.78, 5) is 2.61. The third-order valence-corrected chi connectivity index (χ3v) is 4.16. The van der Waals surface area contributed by atoms with Crippen LogP contribution in [-0.2, 0) is 6.42 Å². The smallest absolute Gasteiger partial charge is 0.0404 e. The van der Waals surface area contributed by atoms with Gasteiger partial charge in [-0.15, -0.1) is 0 Å². The van der Waals surface area contributed by atoms with Crippen LogP contribution < -0.4 is 10.6 Å². The minimum atomic E-state index is 0.721. The van der Waals surface area contributed by atoms with Crippen molar-refractivity contribution in [2.45, 2.75) is 32.2 Å². The highest BCUT2D eigenvalue weighted by Gasteiger charge is 2.34. The Balaban J connectivity index is 1.88. The lowest BCUT2D eigenvalue weighted by Crippen LogP contribution is -2.41. The van der Waals surface area contributed by atoms with Crippen LogP contribution in [0, 0.1) is 12.8 Å². The molecular weight excluding hydrogens is 196 g/mol. The number of benzene rings is 1. The van der Waals surface area contributed by atoms with Crippen molar-refractivity contribution in [3.8, 4) is 0 Å². The third kappa shape index (κ3) is 1.52. The molecule has 0 radical (unpaired) electrons. The Morgan fingerprint density at radius 1 is 1.44 bits per heavy atom. The molecule has 2 aliphatic heterocycles. The van der Waals surface area contributed by atoms with E-state index in [-0.39, 0.29) is 0 Å². The van der Waals surface area contributed by atoms with Crippen molar-refractivity contribution < 1.29 is 0 Å². The second kappa shape index (κ2) is 3.77. The zero-order chi connectivity index (χ0) is 11.1. The van der Waals surface area contributed by atoms with Gasteiger partial charge >= 0.3 is 0 Å². The van der Waals surface area contributed by atoms with Gasteiger partial charge < -0.3 is 10.6 Å². The number of aryl methyl sites for hydroxylation is 1. The Bertz CT molecular complexity index is 400. The molecule has 1 saturated heterocycles. The van der Waals surface area contributed by atoms with Gasteiger partial charge in [0.25, 0.3) is 0 Å². The number of hydrogen-bond donors (Lipinski definition) is 1. The highest BCUT2D eigenvalue weighted by Crippen LogP contribution is 2.38. The zero-order valence-corrected chi connectivity index (χ0v) is 9.95. The first kappa shape index (κ1) is 10.2. The molecule has 3 rings (SSSR count). The molecule has 1 aromatic carbocycles. The number of anilines is 1. The molecule has 0 amide bonds. The van der Waals surface area contributed by atoms with Gasteiger partial charge in [-0.05, 0) is 55.8 Å². The number of hydrogen-bond acceptors (Lipinski definition) is 2. The van der Waals surface area contributed by atoms with E-state index in [1.807, 2.05) is 0 Å². The van der Waals surface area contributed by atoms with Crippen molar-refractivity contribution in [3.63, 3.8) is 0 Å². The third-order valence-electron chi connectivity index (χ3n) is 4.16. The molecule has 2 heteroatoms. The van der Waals surface area contributed by atoms with E-state index in [0.29, 0.717) is 0 Å². The fourth-order valence-corrected chi connectivity index (χ4v) is 3.23. The molecule has 0 saturated carbocycles. The molecule has 2 N–H and O–H groups in total. The first-order valence-corrected chi connectivity index (χ1v) is 6.34. The number of nitrogens with zero attached hydrogens (tertiary/aromatic N) is 1. The molecule has 0 spiro atoms. The van der Waals surface area contributed by atoms with Gasteiger partial charge in [-0.1, -0.05) is 12.1 Å². The first-order valence-electron chi connectivity index (χ1n) is 6.34. The number of fused-ring (bicyclic) bond motifs is 3. The van der Waals surface area contributed by atoms with E-state index in [2.05, 4.69) is 30.0 Å². The van der Waals surface area contributed by atoms with E-state index < -0.39 is 0 Å². The van der Waals surface area contributed by atoms with Crippen LogP contribution in [0.4, 0.5) is 5.69 Å². The molecule has 16 heavy (non-hydrogen) atoms. The summed E-state index contributed by atoms with van der Waals surface area (Å²) in [6, 6.07) is 7.61. The van der Waals surface area contributed by atoms with E-state index in [1.54, 1.807) is 0 Å². The molecule has 2 heterocycles. The predicted octanol–water partition coefficient (Wildman–Crippen LogP) is 2.09. The lowest BCUT2D eigenvalue weighted by molar-refractivity contribution is 0.357. The highest BCUT2D eigenvalue weighted by molar-refractivity contribution is 5.61. The monoisotopic (exact) mass is 216 g/mol. The van der Waals surface area contributed by atoms with E-state index in [1.165, 1.54) is 42.6 Å². The normalized spacial score (nSPS) is 27.8. The Morgan fingerprint density at radius 2 is 2.31 bits per heavy atom. The van der Waals surface area contributed by atoms with Crippen molar-refractivity contribution in [1.29, 1.82) is 0 Å². The van der Waals surface area contributed by atoms with Gasteiger partial charge in [0.2, 0.25) is 0 Å². The zero-order valence-electron chi connectivity index (χ0n) is 9.95. The predicted molar refractivity (Wildman–Crippen MR) is 67.8 cm³/mol. The van der Waals surface area contributed by atoms with Crippen molar-refractivity contribution in [2.24, 2.45) is 11.7 Å². The minimum absolute atomic E-state index is 0.721. The molecule has 0 aromatic heterocycles. The second-order valence-corrected chi connectivity index (χ2v) is 5.31. The Labute approximate surface area is 97.4 Å². The SMILES string of the molecule is Cc1ccc2c(c1)N1CCC(CN)CC1C2. The van der Waals surface area contributed by atoms with Gasteiger partial charge in [0.05, 0.1) is 0 Å². The molecule has 2 nitrogen and oxygen atoms in total. The van der Waals surface area contributed by atoms with E-state index in [9.17, 15) is 0 Å². The van der Waals surface area contributed by atoms with E-state index >= 15 is 0 Å². The maximum Gasteiger partial charge on any atom is 0.0404 e. The van der Waals surface area contributed by atoms with Gasteiger partial charge in [0.1, 0.15) is 0 Å². The van der Waals surface area contributed by atoms with Crippen LogP contribution in [0.5, 0.6) is 0 Å². The summed E-state index contributed by atoms with van der Waals surface area (Å²) in [7, 11) is 0.